The molecule has 0 aliphatic heterocycles. The summed E-state index contributed by atoms with van der Waals surface area (Å²) < 4.78 is 4.89. The number of benzene rings is 6. The predicted molar refractivity (Wildman–Crippen MR) is 190 cm³/mol. The first-order valence-corrected chi connectivity index (χ1v) is 16.3. The summed E-state index contributed by atoms with van der Waals surface area (Å²) in [7, 11) is 0. The van der Waals surface area contributed by atoms with Gasteiger partial charge in [0.1, 0.15) is 0 Å². The van der Waals surface area contributed by atoms with E-state index in [9.17, 15) is 0 Å². The number of fused-ring (bicyclic) bond motifs is 11. The molecule has 212 valence electrons. The molecule has 0 spiro atoms. The summed E-state index contributed by atoms with van der Waals surface area (Å²) in [5, 5.41) is 7.48. The molecule has 0 saturated heterocycles. The molecule has 10 rings (SSSR count). The van der Waals surface area contributed by atoms with E-state index in [2.05, 4.69) is 146 Å². The molecule has 3 nitrogen and oxygen atoms in total. The highest BCUT2D eigenvalue weighted by atomic mass is 32.1. The molecule has 45 heavy (non-hydrogen) atoms. The fourth-order valence-electron chi connectivity index (χ4n) is 7.81. The summed E-state index contributed by atoms with van der Waals surface area (Å²) in [5.41, 5.74) is 8.81. The van der Waals surface area contributed by atoms with E-state index in [-0.39, 0.29) is 5.41 Å². The minimum Gasteiger partial charge on any atom is -0.278 e. The van der Waals surface area contributed by atoms with E-state index < -0.39 is 0 Å². The summed E-state index contributed by atoms with van der Waals surface area (Å²) in [6.45, 7) is 4.69. The maximum Gasteiger partial charge on any atom is 0.235 e. The minimum absolute atomic E-state index is 0.343. The lowest BCUT2D eigenvalue weighted by atomic mass is 9.83. The Bertz CT molecular complexity index is 2630. The van der Waals surface area contributed by atoms with Crippen molar-refractivity contribution in [2.24, 2.45) is 0 Å². The van der Waals surface area contributed by atoms with Crippen molar-refractivity contribution in [1.82, 2.24) is 14.5 Å². The van der Waals surface area contributed by atoms with Gasteiger partial charge in [0.05, 0.1) is 22.4 Å². The van der Waals surface area contributed by atoms with Crippen LogP contribution in [0.3, 0.4) is 0 Å². The SMILES string of the molecule is CC1(C)c2nc(-n3c4ccccc4c4ccccc43)nc(-c3cccc4ccccc34)c2-c2ccc3sc4ccccc4c3c21. The van der Waals surface area contributed by atoms with E-state index in [0.717, 1.165) is 33.5 Å². The van der Waals surface area contributed by atoms with Gasteiger partial charge in [-0.1, -0.05) is 117 Å². The van der Waals surface area contributed by atoms with Crippen LogP contribution in [0.1, 0.15) is 25.1 Å². The number of rotatable bonds is 2. The largest absolute Gasteiger partial charge is 0.278 e. The Morgan fingerprint density at radius 2 is 1.20 bits per heavy atom. The summed E-state index contributed by atoms with van der Waals surface area (Å²) >= 11 is 1.87. The summed E-state index contributed by atoms with van der Waals surface area (Å²) in [6.07, 6.45) is 0. The van der Waals surface area contributed by atoms with Crippen molar-refractivity contribution in [3.05, 3.63) is 139 Å². The molecule has 4 heteroatoms. The quantitative estimate of drug-likeness (QED) is 0.200. The molecule has 0 bridgehead atoms. The molecule has 9 aromatic rings. The Labute approximate surface area is 264 Å². The van der Waals surface area contributed by atoms with E-state index in [0.29, 0.717) is 5.95 Å². The molecule has 0 N–H and O–H groups in total. The van der Waals surface area contributed by atoms with Gasteiger partial charge in [0, 0.05) is 47.5 Å². The monoisotopic (exact) mass is 593 g/mol. The molecule has 0 radical (unpaired) electrons. The molecule has 0 fully saturated rings. The average molecular weight is 594 g/mol. The second-order valence-electron chi connectivity index (χ2n) is 12.6. The lowest BCUT2D eigenvalue weighted by Gasteiger charge is -2.22. The third-order valence-electron chi connectivity index (χ3n) is 9.75. The Morgan fingerprint density at radius 1 is 0.556 bits per heavy atom. The zero-order chi connectivity index (χ0) is 29.9. The van der Waals surface area contributed by atoms with Gasteiger partial charge in [-0.3, -0.25) is 4.57 Å². The summed E-state index contributed by atoms with van der Waals surface area (Å²) in [4.78, 5) is 11.1. The molecule has 0 atom stereocenters. The number of nitrogens with zero attached hydrogens (tertiary/aromatic N) is 3. The van der Waals surface area contributed by atoms with Crippen molar-refractivity contribution in [2.75, 3.05) is 0 Å². The number of thiophene rings is 1. The fraction of sp³-hybridized carbons (Fsp3) is 0.0732. The molecule has 1 aliphatic rings. The van der Waals surface area contributed by atoms with Crippen LogP contribution < -0.4 is 0 Å². The van der Waals surface area contributed by atoms with Crippen molar-refractivity contribution in [3.8, 4) is 28.3 Å². The number of hydrogen-bond acceptors (Lipinski definition) is 3. The van der Waals surface area contributed by atoms with E-state index in [4.69, 9.17) is 9.97 Å². The molecule has 6 aromatic carbocycles. The number of para-hydroxylation sites is 2. The first kappa shape index (κ1) is 25.1. The topological polar surface area (TPSA) is 30.7 Å². The summed E-state index contributed by atoms with van der Waals surface area (Å²) in [5.74, 6) is 0.710. The normalized spacial score (nSPS) is 13.7. The third-order valence-corrected chi connectivity index (χ3v) is 10.9. The maximum absolute atomic E-state index is 5.56. The van der Waals surface area contributed by atoms with Gasteiger partial charge in [-0.05, 0) is 46.2 Å². The molecule has 1 aliphatic carbocycles. The lowest BCUT2D eigenvalue weighted by Crippen LogP contribution is -2.19. The van der Waals surface area contributed by atoms with E-state index >= 15 is 0 Å². The van der Waals surface area contributed by atoms with Gasteiger partial charge >= 0.3 is 0 Å². The molecule has 3 aromatic heterocycles. The lowest BCUT2D eigenvalue weighted by molar-refractivity contribution is 0.638. The van der Waals surface area contributed by atoms with Gasteiger partial charge in [0.15, 0.2) is 0 Å². The fourth-order valence-corrected chi connectivity index (χ4v) is 8.93. The van der Waals surface area contributed by atoms with Crippen molar-refractivity contribution >= 4 is 64.1 Å². The second-order valence-corrected chi connectivity index (χ2v) is 13.7. The minimum atomic E-state index is -0.343. The van der Waals surface area contributed by atoms with E-state index in [1.54, 1.807) is 0 Å². The van der Waals surface area contributed by atoms with Gasteiger partial charge < -0.3 is 0 Å². The Hall–Kier alpha value is -5.32. The van der Waals surface area contributed by atoms with Crippen LogP contribution in [0.4, 0.5) is 0 Å². The highest BCUT2D eigenvalue weighted by molar-refractivity contribution is 7.25. The number of aromatic nitrogens is 3. The van der Waals surface area contributed by atoms with Gasteiger partial charge in [0.2, 0.25) is 5.95 Å². The zero-order valence-electron chi connectivity index (χ0n) is 24.9. The molecule has 0 amide bonds. The predicted octanol–water partition coefficient (Wildman–Crippen LogP) is 11.1. The van der Waals surface area contributed by atoms with Crippen molar-refractivity contribution in [1.29, 1.82) is 0 Å². The number of hydrogen-bond donors (Lipinski definition) is 0. The van der Waals surface area contributed by atoms with Gasteiger partial charge in [-0.15, -0.1) is 11.3 Å². The highest BCUT2D eigenvalue weighted by Crippen LogP contribution is 2.56. The third kappa shape index (κ3) is 3.29. The molecule has 3 heterocycles. The van der Waals surface area contributed by atoms with Crippen LogP contribution in [-0.2, 0) is 5.41 Å². The summed E-state index contributed by atoms with van der Waals surface area (Å²) in [6, 6.07) is 45.8. The molecular formula is C41H27N3S. The van der Waals surface area contributed by atoms with Crippen LogP contribution in [0, 0.1) is 0 Å². The smallest absolute Gasteiger partial charge is 0.235 e. The zero-order valence-corrected chi connectivity index (χ0v) is 25.7. The second kappa shape index (κ2) is 8.87. The van der Waals surface area contributed by atoms with Crippen molar-refractivity contribution in [2.45, 2.75) is 19.3 Å². The first-order chi connectivity index (χ1) is 22.1. The standard InChI is InChI=1S/C41H27N3S/c1-41(2)37-30(22-23-34-35(37)29-17-7-10-21-33(29)45-34)36-38(28-18-11-13-24-12-3-4-14-25(24)28)42-40(43-39(36)41)44-31-19-8-5-15-26(31)27-16-6-9-20-32(27)44/h3-23H,1-2H3. The van der Waals surface area contributed by atoms with Crippen molar-refractivity contribution in [3.63, 3.8) is 0 Å². The van der Waals surface area contributed by atoms with Gasteiger partial charge in [-0.2, -0.15) is 0 Å². The van der Waals surface area contributed by atoms with Gasteiger partial charge in [-0.25, -0.2) is 9.97 Å². The Kier molecular flexibility index (Phi) is 4.94. The van der Waals surface area contributed by atoms with Crippen LogP contribution >= 0.6 is 11.3 Å². The maximum atomic E-state index is 5.56. The van der Waals surface area contributed by atoms with Gasteiger partial charge in [0.25, 0.3) is 0 Å². The average Bonchev–Trinajstić information content (AvgIpc) is 3.70. The van der Waals surface area contributed by atoms with Crippen LogP contribution in [0.15, 0.2) is 127 Å². The Morgan fingerprint density at radius 3 is 1.98 bits per heavy atom. The van der Waals surface area contributed by atoms with E-state index in [1.165, 1.54) is 52.8 Å². The van der Waals surface area contributed by atoms with Crippen LogP contribution in [0.2, 0.25) is 0 Å². The Balaban J connectivity index is 1.38. The highest BCUT2D eigenvalue weighted by Gasteiger charge is 2.42. The van der Waals surface area contributed by atoms with Crippen LogP contribution in [0.5, 0.6) is 0 Å². The molecular weight excluding hydrogens is 567 g/mol. The molecule has 0 saturated carbocycles. The van der Waals surface area contributed by atoms with Crippen LogP contribution in [-0.4, -0.2) is 14.5 Å². The van der Waals surface area contributed by atoms with Crippen molar-refractivity contribution < 1.29 is 0 Å². The van der Waals surface area contributed by atoms with Crippen LogP contribution in [0.25, 0.3) is 81.1 Å². The van der Waals surface area contributed by atoms with E-state index in [1.807, 2.05) is 11.3 Å². The first-order valence-electron chi connectivity index (χ1n) is 15.4. The molecule has 0 unspecified atom stereocenters.